The number of aromatic nitrogens is 1. The highest BCUT2D eigenvalue weighted by Gasteiger charge is 2.24. The number of rotatable bonds is 5. The minimum atomic E-state index is 0.738. The number of hydrogen-bond acceptors (Lipinski definition) is 3. The van der Waals surface area contributed by atoms with Crippen LogP contribution >= 0.6 is 0 Å². The van der Waals surface area contributed by atoms with Gasteiger partial charge in [-0.05, 0) is 37.3 Å². The highest BCUT2D eigenvalue weighted by molar-refractivity contribution is 5.45. The molecule has 1 aliphatic carbocycles. The second-order valence-corrected chi connectivity index (χ2v) is 4.34. The van der Waals surface area contributed by atoms with Crippen LogP contribution in [0, 0.1) is 5.92 Å². The lowest BCUT2D eigenvalue weighted by molar-refractivity contribution is 0.699. The van der Waals surface area contributed by atoms with Crippen molar-refractivity contribution in [1.29, 1.82) is 0 Å². The van der Waals surface area contributed by atoms with Gasteiger partial charge in [-0.25, -0.2) is 4.98 Å². The molecule has 3 heteroatoms. The van der Waals surface area contributed by atoms with Gasteiger partial charge in [0, 0.05) is 13.1 Å². The summed E-state index contributed by atoms with van der Waals surface area (Å²) in [5.74, 6) is 1.97. The molecule has 0 saturated heterocycles. The number of nitrogens with two attached hydrogens (primary N) is 1. The molecule has 1 aromatic heterocycles. The Labute approximate surface area is 91.3 Å². The van der Waals surface area contributed by atoms with E-state index in [1.165, 1.54) is 19.3 Å². The van der Waals surface area contributed by atoms with Crippen molar-refractivity contribution < 1.29 is 0 Å². The monoisotopic (exact) mass is 205 g/mol. The fourth-order valence-electron chi connectivity index (χ4n) is 1.77. The molecule has 0 aromatic carbocycles. The molecule has 0 bridgehead atoms. The lowest BCUT2D eigenvalue weighted by Gasteiger charge is -2.22. The molecule has 0 unspecified atom stereocenters. The topological polar surface area (TPSA) is 42.1 Å². The van der Waals surface area contributed by atoms with E-state index in [0.29, 0.717) is 0 Å². The lowest BCUT2D eigenvalue weighted by atomic mass is 10.3. The first kappa shape index (κ1) is 10.3. The van der Waals surface area contributed by atoms with Gasteiger partial charge in [0.05, 0.1) is 11.9 Å². The average molecular weight is 205 g/mol. The van der Waals surface area contributed by atoms with E-state index in [0.717, 1.165) is 30.5 Å². The van der Waals surface area contributed by atoms with Crippen molar-refractivity contribution in [3.8, 4) is 0 Å². The molecule has 3 nitrogen and oxygen atoms in total. The minimum Gasteiger partial charge on any atom is -0.397 e. The van der Waals surface area contributed by atoms with Crippen LogP contribution in [0.3, 0.4) is 0 Å². The van der Waals surface area contributed by atoms with Gasteiger partial charge in [-0.1, -0.05) is 6.92 Å². The third kappa shape index (κ3) is 2.85. The van der Waals surface area contributed by atoms with Gasteiger partial charge in [0.1, 0.15) is 5.82 Å². The van der Waals surface area contributed by atoms with Crippen LogP contribution in [0.2, 0.25) is 0 Å². The maximum absolute atomic E-state index is 5.63. The smallest absolute Gasteiger partial charge is 0.128 e. The summed E-state index contributed by atoms with van der Waals surface area (Å²) in [4.78, 5) is 6.75. The Morgan fingerprint density at radius 3 is 2.80 bits per heavy atom. The van der Waals surface area contributed by atoms with E-state index in [2.05, 4.69) is 16.8 Å². The fourth-order valence-corrected chi connectivity index (χ4v) is 1.77. The molecule has 0 aliphatic heterocycles. The highest BCUT2D eigenvalue weighted by Crippen LogP contribution is 2.31. The summed E-state index contributed by atoms with van der Waals surface area (Å²) in [6, 6.07) is 3.95. The van der Waals surface area contributed by atoms with Crippen LogP contribution in [-0.2, 0) is 0 Å². The summed E-state index contributed by atoms with van der Waals surface area (Å²) < 4.78 is 0. The second-order valence-electron chi connectivity index (χ2n) is 4.34. The largest absolute Gasteiger partial charge is 0.397 e. The van der Waals surface area contributed by atoms with E-state index < -0.39 is 0 Å². The third-order valence-corrected chi connectivity index (χ3v) is 2.76. The maximum atomic E-state index is 5.63. The molecule has 15 heavy (non-hydrogen) atoms. The van der Waals surface area contributed by atoms with E-state index in [1.54, 1.807) is 6.20 Å². The van der Waals surface area contributed by atoms with Crippen LogP contribution in [0.1, 0.15) is 26.2 Å². The predicted molar refractivity (Wildman–Crippen MR) is 63.9 cm³/mol. The Bertz CT molecular complexity index is 303. The molecule has 0 amide bonds. The van der Waals surface area contributed by atoms with E-state index in [1.807, 2.05) is 12.1 Å². The fraction of sp³-hybridized carbons (Fsp3) is 0.583. The average Bonchev–Trinajstić information content (AvgIpc) is 3.02. The number of nitrogen functional groups attached to an aromatic ring is 1. The van der Waals surface area contributed by atoms with E-state index in [-0.39, 0.29) is 0 Å². The van der Waals surface area contributed by atoms with Gasteiger partial charge in [-0.15, -0.1) is 0 Å². The van der Waals surface area contributed by atoms with Gasteiger partial charge >= 0.3 is 0 Å². The Hall–Kier alpha value is -1.25. The Balaban J connectivity index is 2.04. The molecular formula is C12H19N3. The normalized spacial score (nSPS) is 15.3. The molecule has 1 saturated carbocycles. The van der Waals surface area contributed by atoms with Crippen LogP contribution in [0.15, 0.2) is 18.3 Å². The molecule has 0 radical (unpaired) electrons. The molecule has 2 N–H and O–H groups in total. The summed E-state index contributed by atoms with van der Waals surface area (Å²) >= 11 is 0. The van der Waals surface area contributed by atoms with Gasteiger partial charge in [0.15, 0.2) is 0 Å². The van der Waals surface area contributed by atoms with Gasteiger partial charge in [0.2, 0.25) is 0 Å². The zero-order chi connectivity index (χ0) is 10.7. The van der Waals surface area contributed by atoms with Crippen molar-refractivity contribution in [1.82, 2.24) is 4.98 Å². The first-order valence-corrected chi connectivity index (χ1v) is 5.76. The van der Waals surface area contributed by atoms with Crippen molar-refractivity contribution in [3.05, 3.63) is 18.3 Å². The number of pyridine rings is 1. The van der Waals surface area contributed by atoms with E-state index >= 15 is 0 Å². The standard InChI is InChI=1S/C12H19N3/c1-2-7-15(9-10-3-4-10)12-6-5-11(13)8-14-12/h5-6,8,10H,2-4,7,9,13H2,1H3. The van der Waals surface area contributed by atoms with Crippen molar-refractivity contribution in [2.75, 3.05) is 23.7 Å². The second kappa shape index (κ2) is 4.51. The Morgan fingerprint density at radius 1 is 1.47 bits per heavy atom. The molecule has 2 rings (SSSR count). The summed E-state index contributed by atoms with van der Waals surface area (Å²) in [5.41, 5.74) is 6.37. The van der Waals surface area contributed by atoms with Gasteiger partial charge in [-0.3, -0.25) is 0 Å². The van der Waals surface area contributed by atoms with Gasteiger partial charge < -0.3 is 10.6 Å². The minimum absolute atomic E-state index is 0.738. The SMILES string of the molecule is CCCN(CC1CC1)c1ccc(N)cn1. The van der Waals surface area contributed by atoms with Crippen LogP contribution in [0.4, 0.5) is 11.5 Å². The zero-order valence-electron chi connectivity index (χ0n) is 9.32. The van der Waals surface area contributed by atoms with Gasteiger partial charge in [0.25, 0.3) is 0 Å². The molecular weight excluding hydrogens is 186 g/mol. The number of nitrogens with zero attached hydrogens (tertiary/aromatic N) is 2. The maximum Gasteiger partial charge on any atom is 0.128 e. The molecule has 1 heterocycles. The summed E-state index contributed by atoms with van der Waals surface area (Å²) in [5, 5.41) is 0. The van der Waals surface area contributed by atoms with Crippen LogP contribution in [0.25, 0.3) is 0 Å². The molecule has 82 valence electrons. The summed E-state index contributed by atoms with van der Waals surface area (Å²) in [7, 11) is 0. The predicted octanol–water partition coefficient (Wildman–Crippen LogP) is 2.29. The molecule has 0 spiro atoms. The van der Waals surface area contributed by atoms with E-state index in [4.69, 9.17) is 5.73 Å². The first-order valence-electron chi connectivity index (χ1n) is 5.76. The summed E-state index contributed by atoms with van der Waals surface area (Å²) in [6.45, 7) is 4.45. The van der Waals surface area contributed by atoms with Crippen LogP contribution < -0.4 is 10.6 Å². The molecule has 0 atom stereocenters. The van der Waals surface area contributed by atoms with Crippen molar-refractivity contribution in [2.24, 2.45) is 5.92 Å². The first-order chi connectivity index (χ1) is 7.29. The molecule has 1 aromatic rings. The molecule has 1 fully saturated rings. The van der Waals surface area contributed by atoms with Crippen molar-refractivity contribution in [2.45, 2.75) is 26.2 Å². The zero-order valence-corrected chi connectivity index (χ0v) is 9.32. The number of anilines is 2. The summed E-state index contributed by atoms with van der Waals surface area (Å²) in [6.07, 6.45) is 5.67. The van der Waals surface area contributed by atoms with Gasteiger partial charge in [-0.2, -0.15) is 0 Å². The van der Waals surface area contributed by atoms with Crippen molar-refractivity contribution >= 4 is 11.5 Å². The Morgan fingerprint density at radius 2 is 2.27 bits per heavy atom. The van der Waals surface area contributed by atoms with Crippen LogP contribution in [-0.4, -0.2) is 18.1 Å². The third-order valence-electron chi connectivity index (χ3n) is 2.76. The number of hydrogen-bond donors (Lipinski definition) is 1. The van der Waals surface area contributed by atoms with Crippen molar-refractivity contribution in [3.63, 3.8) is 0 Å². The van der Waals surface area contributed by atoms with Crippen LogP contribution in [0.5, 0.6) is 0 Å². The quantitative estimate of drug-likeness (QED) is 0.802. The van der Waals surface area contributed by atoms with E-state index in [9.17, 15) is 0 Å². The Kier molecular flexibility index (Phi) is 3.09. The highest BCUT2D eigenvalue weighted by atomic mass is 15.2. The lowest BCUT2D eigenvalue weighted by Crippen LogP contribution is -2.27. The molecule has 1 aliphatic rings.